The average Bonchev–Trinajstić information content (AvgIpc) is 3.42. The molecule has 2 aliphatic rings. The molecule has 0 amide bonds. The number of hydrogen-bond donors (Lipinski definition) is 0. The Labute approximate surface area is 297 Å². The molecule has 0 saturated carbocycles. The molecule has 3 nitrogen and oxygen atoms in total. The van der Waals surface area contributed by atoms with E-state index in [0.29, 0.717) is 5.75 Å². The summed E-state index contributed by atoms with van der Waals surface area (Å²) in [5.41, 5.74) is 6.71. The smallest absolute Gasteiger partial charge is 0.177 e. The first-order chi connectivity index (χ1) is 24.9. The SMILES string of the molecule is CC1(C)c2cc(-c3cc4c(c5ccccc35)Oc3ccc5ccccc5c3O4)ccc2-c2ccc(P(=O)(c3ccccc3)c3ccccc3)cc21. The quantitative estimate of drug-likeness (QED) is 0.174. The minimum atomic E-state index is -3.12. The standard InChI is InChI=1S/C47H33O3P/c1-47(2)41-27-31(40-29-44-46(39-20-12-11-19-36(39)40)49-43-26-22-30-13-9-10-18-35(30)45(43)50-44)21-24-37(41)38-25-23-34(28-42(38)47)51(48,32-14-5-3-6-15-32)33-16-7-4-8-17-33/h3-29H,1-2H3. The number of fused-ring (bicyclic) bond motifs is 9. The molecule has 4 heteroatoms. The van der Waals surface area contributed by atoms with Gasteiger partial charge in [0.05, 0.1) is 0 Å². The van der Waals surface area contributed by atoms with Gasteiger partial charge in [-0.3, -0.25) is 0 Å². The van der Waals surface area contributed by atoms with Crippen LogP contribution in [0.1, 0.15) is 25.0 Å². The van der Waals surface area contributed by atoms with Gasteiger partial charge in [0, 0.05) is 32.1 Å². The average molecular weight is 677 g/mol. The maximum atomic E-state index is 15.3. The Morgan fingerprint density at radius 2 is 1.02 bits per heavy atom. The Kier molecular flexibility index (Phi) is 6.50. The van der Waals surface area contributed by atoms with Gasteiger partial charge in [-0.2, -0.15) is 0 Å². The topological polar surface area (TPSA) is 35.5 Å². The van der Waals surface area contributed by atoms with E-state index in [1.807, 2.05) is 78.9 Å². The minimum Gasteiger partial charge on any atom is -0.449 e. The summed E-state index contributed by atoms with van der Waals surface area (Å²) in [5.74, 6) is 2.91. The lowest BCUT2D eigenvalue weighted by atomic mass is 9.81. The Balaban J connectivity index is 1.10. The molecule has 1 aliphatic carbocycles. The monoisotopic (exact) mass is 676 g/mol. The van der Waals surface area contributed by atoms with Gasteiger partial charge < -0.3 is 14.0 Å². The molecule has 0 spiro atoms. The largest absolute Gasteiger partial charge is 0.449 e. The first kappa shape index (κ1) is 30.0. The van der Waals surface area contributed by atoms with E-state index in [-0.39, 0.29) is 5.41 Å². The van der Waals surface area contributed by atoms with E-state index < -0.39 is 7.14 Å². The van der Waals surface area contributed by atoms with Crippen LogP contribution in [0.4, 0.5) is 0 Å². The molecule has 0 radical (unpaired) electrons. The zero-order chi connectivity index (χ0) is 34.3. The molecule has 0 fully saturated rings. The van der Waals surface area contributed by atoms with E-state index >= 15 is 4.57 Å². The molecule has 0 aromatic heterocycles. The highest BCUT2D eigenvalue weighted by molar-refractivity contribution is 7.85. The molecule has 0 N–H and O–H groups in total. The van der Waals surface area contributed by atoms with Gasteiger partial charge in [-0.05, 0) is 68.4 Å². The van der Waals surface area contributed by atoms with E-state index in [9.17, 15) is 0 Å². The normalized spacial score (nSPS) is 13.8. The van der Waals surface area contributed by atoms with Gasteiger partial charge in [-0.15, -0.1) is 0 Å². The van der Waals surface area contributed by atoms with Crippen molar-refractivity contribution < 1.29 is 14.0 Å². The van der Waals surface area contributed by atoms with Crippen molar-refractivity contribution in [3.63, 3.8) is 0 Å². The molecule has 1 aliphatic heterocycles. The van der Waals surface area contributed by atoms with E-state index in [2.05, 4.69) is 98.8 Å². The molecule has 0 atom stereocenters. The zero-order valence-electron chi connectivity index (χ0n) is 28.3. The zero-order valence-corrected chi connectivity index (χ0v) is 29.2. The van der Waals surface area contributed by atoms with Gasteiger partial charge in [0.1, 0.15) is 0 Å². The first-order valence-electron chi connectivity index (χ1n) is 17.4. The van der Waals surface area contributed by atoms with E-state index in [1.54, 1.807) is 0 Å². The third kappa shape index (κ3) is 4.41. The Morgan fingerprint density at radius 1 is 0.451 bits per heavy atom. The summed E-state index contributed by atoms with van der Waals surface area (Å²) in [6.45, 7) is 4.57. The summed E-state index contributed by atoms with van der Waals surface area (Å²) in [4.78, 5) is 0. The van der Waals surface area contributed by atoms with Crippen LogP contribution in [0.3, 0.4) is 0 Å². The summed E-state index contributed by atoms with van der Waals surface area (Å²) >= 11 is 0. The molecule has 0 saturated heterocycles. The predicted molar refractivity (Wildman–Crippen MR) is 210 cm³/mol. The number of hydrogen-bond acceptors (Lipinski definition) is 3. The minimum absolute atomic E-state index is 0.323. The lowest BCUT2D eigenvalue weighted by Gasteiger charge is -2.26. The van der Waals surface area contributed by atoms with Gasteiger partial charge in [0.25, 0.3) is 0 Å². The first-order valence-corrected chi connectivity index (χ1v) is 19.1. The highest BCUT2D eigenvalue weighted by Crippen LogP contribution is 2.55. The van der Waals surface area contributed by atoms with E-state index in [0.717, 1.165) is 65.8 Å². The lowest BCUT2D eigenvalue weighted by Crippen LogP contribution is -2.26. The van der Waals surface area contributed by atoms with Crippen molar-refractivity contribution in [2.45, 2.75) is 19.3 Å². The van der Waals surface area contributed by atoms with Gasteiger partial charge in [0.15, 0.2) is 30.1 Å². The highest BCUT2D eigenvalue weighted by Gasteiger charge is 2.39. The molecule has 51 heavy (non-hydrogen) atoms. The second-order valence-electron chi connectivity index (χ2n) is 14.0. The van der Waals surface area contributed by atoms with Crippen molar-refractivity contribution in [2.75, 3.05) is 0 Å². The van der Waals surface area contributed by atoms with Crippen LogP contribution in [0, 0.1) is 0 Å². The molecule has 8 aromatic rings. The molecule has 10 rings (SSSR count). The summed E-state index contributed by atoms with van der Waals surface area (Å²) in [5, 5.41) is 6.78. The fraction of sp³-hybridized carbons (Fsp3) is 0.0638. The number of ether oxygens (including phenoxy) is 2. The molecule has 0 unspecified atom stereocenters. The van der Waals surface area contributed by atoms with Crippen LogP contribution in [0.5, 0.6) is 23.0 Å². The summed E-state index contributed by atoms with van der Waals surface area (Å²) in [7, 11) is -3.12. The molecule has 244 valence electrons. The summed E-state index contributed by atoms with van der Waals surface area (Å²) < 4.78 is 28.6. The van der Waals surface area contributed by atoms with E-state index in [1.165, 1.54) is 22.3 Å². The van der Waals surface area contributed by atoms with Gasteiger partial charge in [-0.25, -0.2) is 0 Å². The molecule has 0 bridgehead atoms. The van der Waals surface area contributed by atoms with Gasteiger partial charge in [0.2, 0.25) is 0 Å². The van der Waals surface area contributed by atoms with Crippen LogP contribution in [0.2, 0.25) is 0 Å². The Hall–Kier alpha value is -5.89. The second kappa shape index (κ2) is 11.1. The fourth-order valence-electron chi connectivity index (χ4n) is 8.18. The van der Waals surface area contributed by atoms with Crippen molar-refractivity contribution in [3.8, 4) is 45.3 Å². The third-order valence-electron chi connectivity index (χ3n) is 10.8. The van der Waals surface area contributed by atoms with Crippen molar-refractivity contribution in [1.29, 1.82) is 0 Å². The van der Waals surface area contributed by atoms with Gasteiger partial charge in [-0.1, -0.05) is 153 Å². The third-order valence-corrected chi connectivity index (χ3v) is 13.9. The number of benzene rings is 8. The molecule has 8 aromatic carbocycles. The maximum Gasteiger partial charge on any atom is 0.177 e. The van der Waals surface area contributed by atoms with E-state index in [4.69, 9.17) is 9.47 Å². The molecule has 1 heterocycles. The van der Waals surface area contributed by atoms with Crippen LogP contribution in [0.15, 0.2) is 164 Å². The van der Waals surface area contributed by atoms with Crippen molar-refractivity contribution in [1.82, 2.24) is 0 Å². The predicted octanol–water partition coefficient (Wildman–Crippen LogP) is 11.5. The van der Waals surface area contributed by atoms with Crippen LogP contribution >= 0.6 is 7.14 Å². The van der Waals surface area contributed by atoms with Crippen LogP contribution in [-0.2, 0) is 9.98 Å². The van der Waals surface area contributed by atoms with Gasteiger partial charge >= 0.3 is 0 Å². The van der Waals surface area contributed by atoms with Crippen LogP contribution in [-0.4, -0.2) is 0 Å². The van der Waals surface area contributed by atoms with Crippen LogP contribution < -0.4 is 25.4 Å². The van der Waals surface area contributed by atoms with Crippen molar-refractivity contribution in [2.24, 2.45) is 0 Å². The molecular weight excluding hydrogens is 643 g/mol. The summed E-state index contributed by atoms with van der Waals surface area (Å²) in [6.07, 6.45) is 0. The number of rotatable bonds is 4. The van der Waals surface area contributed by atoms with Crippen molar-refractivity contribution >= 4 is 44.6 Å². The summed E-state index contributed by atoms with van der Waals surface area (Å²) in [6, 6.07) is 55.9. The highest BCUT2D eigenvalue weighted by atomic mass is 31.2. The molecular formula is C47H33O3P. The fourth-order valence-corrected chi connectivity index (χ4v) is 10.9. The maximum absolute atomic E-state index is 15.3. The van der Waals surface area contributed by atoms with Crippen molar-refractivity contribution in [3.05, 3.63) is 175 Å². The Bertz CT molecular complexity index is 2710. The lowest BCUT2D eigenvalue weighted by molar-refractivity contribution is 0.367. The second-order valence-corrected chi connectivity index (χ2v) is 16.8. The Morgan fingerprint density at radius 3 is 1.75 bits per heavy atom. The van der Waals surface area contributed by atoms with Crippen LogP contribution in [0.25, 0.3) is 43.8 Å².